The molecule has 0 bridgehead atoms. The van der Waals surface area contributed by atoms with Gasteiger partial charge in [-0.2, -0.15) is 0 Å². The van der Waals surface area contributed by atoms with E-state index in [1.54, 1.807) is 42.5 Å². The van der Waals surface area contributed by atoms with Crippen molar-refractivity contribution < 1.29 is 18.7 Å². The largest absolute Gasteiger partial charge is 0.484 e. The van der Waals surface area contributed by atoms with Crippen molar-refractivity contribution in [2.45, 2.75) is 19.1 Å². The Morgan fingerprint density at radius 3 is 2.52 bits per heavy atom. The number of amides is 1. The quantitative estimate of drug-likeness (QED) is 0.490. The molecule has 0 radical (unpaired) electrons. The smallest absolute Gasteiger partial charge is 0.258 e. The van der Waals surface area contributed by atoms with Crippen LogP contribution in [-0.4, -0.2) is 28.8 Å². The predicted octanol–water partition coefficient (Wildman–Crippen LogP) is 4.96. The minimum atomic E-state index is -0.256. The van der Waals surface area contributed by atoms with Gasteiger partial charge in [-0.05, 0) is 36.4 Å². The van der Waals surface area contributed by atoms with Crippen LogP contribution in [0.1, 0.15) is 18.2 Å². The van der Waals surface area contributed by atoms with E-state index in [-0.39, 0.29) is 25.2 Å². The van der Waals surface area contributed by atoms with Gasteiger partial charge in [0, 0.05) is 23.1 Å². The normalized spacial score (nSPS) is 15.1. The second-order valence-corrected chi connectivity index (χ2v) is 7.93. The Labute approximate surface area is 192 Å². The lowest BCUT2D eigenvalue weighted by atomic mass is 9.93. The highest BCUT2D eigenvalue weighted by Gasteiger charge is 2.26. The lowest BCUT2D eigenvalue weighted by Crippen LogP contribution is -2.40. The van der Waals surface area contributed by atoms with Gasteiger partial charge in [0.15, 0.2) is 13.2 Å². The van der Waals surface area contributed by atoms with Crippen molar-refractivity contribution in [1.29, 1.82) is 0 Å². The number of nitrogens with one attached hydrogen (secondary N) is 1. The Morgan fingerprint density at radius 2 is 1.77 bits per heavy atom. The first kappa shape index (κ1) is 21.5. The van der Waals surface area contributed by atoms with Gasteiger partial charge in [-0.15, -0.1) is 10.2 Å². The monoisotopic (exact) mass is 479 g/mol. The summed E-state index contributed by atoms with van der Waals surface area (Å²) in [5, 5.41) is 12.3. The van der Waals surface area contributed by atoms with Gasteiger partial charge in [-0.1, -0.05) is 40.9 Å². The topological polar surface area (TPSA) is 86.5 Å². The average Bonchev–Trinajstić information content (AvgIpc) is 3.19. The highest BCUT2D eigenvalue weighted by atomic mass is 35.5. The fraction of sp³-hybridized carbons (Fsp3) is 0.190. The molecule has 1 unspecified atom stereocenters. The second kappa shape index (κ2) is 9.60. The predicted molar refractivity (Wildman–Crippen MR) is 117 cm³/mol. The Hall–Kier alpha value is -2.74. The molecule has 1 N–H and O–H groups in total. The molecule has 0 saturated carbocycles. The summed E-state index contributed by atoms with van der Waals surface area (Å²) in [4.78, 5) is 12.1. The van der Waals surface area contributed by atoms with Crippen molar-refractivity contribution in [2.24, 2.45) is 0 Å². The number of hydrogen-bond donors (Lipinski definition) is 1. The molecule has 0 spiro atoms. The minimum Gasteiger partial charge on any atom is -0.484 e. The van der Waals surface area contributed by atoms with Gasteiger partial charge in [-0.25, -0.2) is 0 Å². The molecule has 1 atom stereocenters. The molecule has 7 nitrogen and oxygen atoms in total. The van der Waals surface area contributed by atoms with Crippen molar-refractivity contribution in [3.05, 3.63) is 75.4 Å². The molecule has 10 heteroatoms. The van der Waals surface area contributed by atoms with Crippen molar-refractivity contribution in [3.8, 4) is 11.5 Å². The number of rotatable bonds is 8. The first-order valence-corrected chi connectivity index (χ1v) is 10.4. The van der Waals surface area contributed by atoms with E-state index in [1.165, 1.54) is 0 Å². The zero-order valence-corrected chi connectivity index (χ0v) is 18.2. The van der Waals surface area contributed by atoms with E-state index < -0.39 is 0 Å². The van der Waals surface area contributed by atoms with Crippen LogP contribution in [0.25, 0.3) is 5.57 Å². The molecule has 3 aromatic rings. The van der Waals surface area contributed by atoms with Gasteiger partial charge in [0.05, 0.1) is 16.1 Å². The third-order valence-electron chi connectivity index (χ3n) is 4.37. The fourth-order valence-corrected chi connectivity index (χ4v) is 3.19. The van der Waals surface area contributed by atoms with Crippen LogP contribution in [0.15, 0.2) is 53.0 Å². The fourth-order valence-electron chi connectivity index (χ4n) is 2.78. The SMILES string of the molecule is O=C(COc1ccc(Cl)c(Cl)c1)NC1C=C(c2nnc(COc3ccc(Cl)cc3)o2)C1. The van der Waals surface area contributed by atoms with Crippen molar-refractivity contribution in [2.75, 3.05) is 6.61 Å². The molecule has 160 valence electrons. The van der Waals surface area contributed by atoms with Gasteiger partial charge >= 0.3 is 0 Å². The Balaban J connectivity index is 1.23. The maximum Gasteiger partial charge on any atom is 0.258 e. The molecular weight excluding hydrogens is 465 g/mol. The van der Waals surface area contributed by atoms with Gasteiger partial charge in [0.2, 0.25) is 5.89 Å². The van der Waals surface area contributed by atoms with E-state index in [2.05, 4.69) is 15.5 Å². The van der Waals surface area contributed by atoms with E-state index in [0.717, 1.165) is 5.57 Å². The van der Waals surface area contributed by atoms with Gasteiger partial charge in [0.25, 0.3) is 11.8 Å². The Kier molecular flexibility index (Phi) is 6.65. The van der Waals surface area contributed by atoms with Gasteiger partial charge in [-0.3, -0.25) is 4.79 Å². The van der Waals surface area contributed by atoms with Crippen molar-refractivity contribution in [3.63, 3.8) is 0 Å². The van der Waals surface area contributed by atoms with Crippen LogP contribution in [-0.2, 0) is 11.4 Å². The van der Waals surface area contributed by atoms with E-state index in [0.29, 0.717) is 44.8 Å². The van der Waals surface area contributed by atoms with Crippen LogP contribution in [0.4, 0.5) is 0 Å². The number of aromatic nitrogens is 2. The number of benzene rings is 2. The molecule has 1 amide bonds. The summed E-state index contributed by atoms with van der Waals surface area (Å²) >= 11 is 17.6. The first-order chi connectivity index (χ1) is 15.0. The summed E-state index contributed by atoms with van der Waals surface area (Å²) in [5.74, 6) is 1.63. The van der Waals surface area contributed by atoms with Crippen molar-refractivity contribution in [1.82, 2.24) is 15.5 Å². The Bertz CT molecular complexity index is 1120. The molecule has 0 fully saturated rings. The molecular formula is C21H16Cl3N3O4. The number of ether oxygens (including phenoxy) is 2. The highest BCUT2D eigenvalue weighted by Crippen LogP contribution is 2.29. The van der Waals surface area contributed by atoms with E-state index in [4.69, 9.17) is 48.7 Å². The first-order valence-electron chi connectivity index (χ1n) is 9.25. The van der Waals surface area contributed by atoms with Crippen LogP contribution in [0.3, 0.4) is 0 Å². The van der Waals surface area contributed by atoms with Crippen LogP contribution in [0.5, 0.6) is 11.5 Å². The summed E-state index contributed by atoms with van der Waals surface area (Å²) in [7, 11) is 0. The van der Waals surface area contributed by atoms with E-state index in [1.807, 2.05) is 6.08 Å². The molecule has 1 aliphatic rings. The van der Waals surface area contributed by atoms with Crippen LogP contribution in [0.2, 0.25) is 15.1 Å². The molecule has 2 aromatic carbocycles. The zero-order chi connectivity index (χ0) is 21.8. The maximum absolute atomic E-state index is 12.1. The van der Waals surface area contributed by atoms with E-state index >= 15 is 0 Å². The summed E-state index contributed by atoms with van der Waals surface area (Å²) in [6, 6.07) is 11.7. The van der Waals surface area contributed by atoms with Gasteiger partial charge < -0.3 is 19.2 Å². The third kappa shape index (κ3) is 5.70. The molecule has 1 heterocycles. The van der Waals surface area contributed by atoms with Crippen LogP contribution in [0, 0.1) is 0 Å². The third-order valence-corrected chi connectivity index (χ3v) is 5.36. The number of carbonyl (C=O) groups excluding carboxylic acids is 1. The molecule has 0 aliphatic heterocycles. The summed E-state index contributed by atoms with van der Waals surface area (Å²) in [6.07, 6.45) is 2.44. The molecule has 1 aliphatic carbocycles. The number of nitrogens with zero attached hydrogens (tertiary/aromatic N) is 2. The maximum atomic E-state index is 12.1. The van der Waals surface area contributed by atoms with E-state index in [9.17, 15) is 4.79 Å². The van der Waals surface area contributed by atoms with Crippen molar-refractivity contribution >= 4 is 46.3 Å². The molecule has 0 saturated heterocycles. The molecule has 31 heavy (non-hydrogen) atoms. The average molecular weight is 481 g/mol. The summed E-state index contributed by atoms with van der Waals surface area (Å²) in [6.45, 7) is 0.0124. The molecule has 4 rings (SSSR count). The highest BCUT2D eigenvalue weighted by molar-refractivity contribution is 6.42. The Morgan fingerprint density at radius 1 is 1.03 bits per heavy atom. The lowest BCUT2D eigenvalue weighted by Gasteiger charge is -2.24. The summed E-state index contributed by atoms with van der Waals surface area (Å²) in [5.41, 5.74) is 0.862. The minimum absolute atomic E-state index is 0.124. The standard InChI is InChI=1S/C21H16Cl3N3O4/c22-13-1-3-15(4-2-13)30-11-20-26-27-21(31-20)12-7-14(8-12)25-19(28)10-29-16-5-6-17(23)18(24)9-16/h1-7,9,14H,8,10-11H2,(H,25,28). The lowest BCUT2D eigenvalue weighted by molar-refractivity contribution is -0.123. The van der Waals surface area contributed by atoms with Crippen LogP contribution < -0.4 is 14.8 Å². The van der Waals surface area contributed by atoms with Crippen LogP contribution >= 0.6 is 34.8 Å². The van der Waals surface area contributed by atoms with Gasteiger partial charge in [0.1, 0.15) is 11.5 Å². The second-order valence-electron chi connectivity index (χ2n) is 6.68. The molecule has 1 aromatic heterocycles. The summed E-state index contributed by atoms with van der Waals surface area (Å²) < 4.78 is 16.6. The number of carbonyl (C=O) groups is 1. The zero-order valence-electron chi connectivity index (χ0n) is 16.0. The number of halogens is 3. The number of hydrogen-bond acceptors (Lipinski definition) is 6.